The van der Waals surface area contributed by atoms with Crippen molar-refractivity contribution < 1.29 is 13.9 Å². The Morgan fingerprint density at radius 3 is 3.05 bits per heavy atom. The maximum Gasteiger partial charge on any atom is 0.221 e. The van der Waals surface area contributed by atoms with Crippen LogP contribution >= 0.6 is 0 Å². The van der Waals surface area contributed by atoms with Crippen LogP contribution in [0.4, 0.5) is 15.8 Å². The summed E-state index contributed by atoms with van der Waals surface area (Å²) in [6.07, 6.45) is 5.79. The predicted octanol–water partition coefficient (Wildman–Crippen LogP) is 2.89. The third-order valence-corrected chi connectivity index (χ3v) is 2.83. The second-order valence-corrected chi connectivity index (χ2v) is 4.46. The van der Waals surface area contributed by atoms with Crippen molar-refractivity contribution in [2.45, 2.75) is 25.9 Å². The number of hydrogen-bond acceptors (Lipinski definition) is 3. The fourth-order valence-electron chi connectivity index (χ4n) is 1.89. The summed E-state index contributed by atoms with van der Waals surface area (Å²) >= 11 is 0. The Kier molecular flexibility index (Phi) is 4.39. The van der Waals surface area contributed by atoms with Crippen molar-refractivity contribution in [3.8, 4) is 0 Å². The maximum absolute atomic E-state index is 13.4. The Bertz CT molecular complexity index is 488. The van der Waals surface area contributed by atoms with Gasteiger partial charge in [0, 0.05) is 12.6 Å². The van der Waals surface area contributed by atoms with Gasteiger partial charge in [0.2, 0.25) is 5.91 Å². The monoisotopic (exact) mass is 264 g/mol. The zero-order valence-electron chi connectivity index (χ0n) is 10.8. The summed E-state index contributed by atoms with van der Waals surface area (Å²) in [6, 6.07) is 4.55. The molecule has 19 heavy (non-hydrogen) atoms. The Morgan fingerprint density at radius 2 is 2.37 bits per heavy atom. The lowest BCUT2D eigenvalue weighted by Crippen LogP contribution is -2.23. The molecule has 0 bridgehead atoms. The van der Waals surface area contributed by atoms with Gasteiger partial charge >= 0.3 is 0 Å². The molecule has 1 aliphatic rings. The van der Waals surface area contributed by atoms with E-state index < -0.39 is 5.82 Å². The molecule has 0 spiro atoms. The zero-order chi connectivity index (χ0) is 13.7. The zero-order valence-corrected chi connectivity index (χ0v) is 10.8. The van der Waals surface area contributed by atoms with E-state index in [-0.39, 0.29) is 17.7 Å². The van der Waals surface area contributed by atoms with Crippen LogP contribution in [0.1, 0.15) is 19.8 Å². The minimum atomic E-state index is -0.447. The van der Waals surface area contributed by atoms with Crippen LogP contribution in [0.15, 0.2) is 30.5 Å². The van der Waals surface area contributed by atoms with Crippen molar-refractivity contribution in [1.82, 2.24) is 0 Å². The van der Waals surface area contributed by atoms with Gasteiger partial charge in [-0.3, -0.25) is 4.79 Å². The highest BCUT2D eigenvalue weighted by atomic mass is 19.1. The molecule has 0 saturated heterocycles. The fourth-order valence-corrected chi connectivity index (χ4v) is 1.89. The highest BCUT2D eigenvalue weighted by molar-refractivity contribution is 5.89. The first-order valence-corrected chi connectivity index (χ1v) is 6.26. The standard InChI is InChI=1S/C14H17FN2O2/c1-10(18)17-14-8-11(5-6-13(14)15)16-9-12-4-2-3-7-19-12/h3,5-8,12,16H,2,4,9H2,1H3,(H,17,18). The summed E-state index contributed by atoms with van der Waals surface area (Å²) in [4.78, 5) is 11.0. The molecule has 0 saturated carbocycles. The van der Waals surface area contributed by atoms with Crippen LogP contribution in [-0.2, 0) is 9.53 Å². The second-order valence-electron chi connectivity index (χ2n) is 4.46. The molecule has 1 aliphatic heterocycles. The van der Waals surface area contributed by atoms with Gasteiger partial charge in [-0.2, -0.15) is 0 Å². The largest absolute Gasteiger partial charge is 0.497 e. The van der Waals surface area contributed by atoms with Crippen molar-refractivity contribution in [3.05, 3.63) is 36.4 Å². The first-order chi connectivity index (χ1) is 9.15. The molecule has 0 fully saturated rings. The minimum Gasteiger partial charge on any atom is -0.497 e. The van der Waals surface area contributed by atoms with Crippen molar-refractivity contribution in [1.29, 1.82) is 0 Å². The highest BCUT2D eigenvalue weighted by Gasteiger charge is 2.11. The van der Waals surface area contributed by atoms with Crippen molar-refractivity contribution in [2.75, 3.05) is 17.2 Å². The van der Waals surface area contributed by atoms with Crippen LogP contribution in [0.25, 0.3) is 0 Å². The predicted molar refractivity (Wildman–Crippen MR) is 72.4 cm³/mol. The molecule has 4 nitrogen and oxygen atoms in total. The van der Waals surface area contributed by atoms with Crippen LogP contribution in [0.5, 0.6) is 0 Å². The van der Waals surface area contributed by atoms with Gasteiger partial charge in [-0.05, 0) is 37.1 Å². The van der Waals surface area contributed by atoms with Gasteiger partial charge in [0.1, 0.15) is 11.9 Å². The van der Waals surface area contributed by atoms with E-state index in [2.05, 4.69) is 10.6 Å². The van der Waals surface area contributed by atoms with Crippen molar-refractivity contribution >= 4 is 17.3 Å². The topological polar surface area (TPSA) is 50.4 Å². The van der Waals surface area contributed by atoms with Gasteiger partial charge in [-0.1, -0.05) is 0 Å². The van der Waals surface area contributed by atoms with E-state index >= 15 is 0 Å². The quantitative estimate of drug-likeness (QED) is 0.879. The second kappa shape index (κ2) is 6.22. The van der Waals surface area contributed by atoms with Crippen molar-refractivity contribution in [3.63, 3.8) is 0 Å². The average Bonchev–Trinajstić information content (AvgIpc) is 2.40. The Hall–Kier alpha value is -2.04. The summed E-state index contributed by atoms with van der Waals surface area (Å²) in [7, 11) is 0. The van der Waals surface area contributed by atoms with E-state index in [1.165, 1.54) is 13.0 Å². The van der Waals surface area contributed by atoms with E-state index in [4.69, 9.17) is 4.74 Å². The molecule has 1 heterocycles. The molecule has 1 aromatic rings. The SMILES string of the molecule is CC(=O)Nc1cc(NCC2CCC=CO2)ccc1F. The number of hydrogen-bond donors (Lipinski definition) is 2. The summed E-state index contributed by atoms with van der Waals surface area (Å²) in [6.45, 7) is 2.00. The average molecular weight is 264 g/mol. The summed E-state index contributed by atoms with van der Waals surface area (Å²) in [5, 5.41) is 5.63. The van der Waals surface area contributed by atoms with E-state index in [0.717, 1.165) is 18.5 Å². The lowest BCUT2D eigenvalue weighted by Gasteiger charge is -2.20. The lowest BCUT2D eigenvalue weighted by molar-refractivity contribution is -0.114. The number of halogens is 1. The number of rotatable bonds is 4. The number of anilines is 2. The highest BCUT2D eigenvalue weighted by Crippen LogP contribution is 2.20. The van der Waals surface area contributed by atoms with Gasteiger partial charge in [0.25, 0.3) is 0 Å². The van der Waals surface area contributed by atoms with E-state index in [1.54, 1.807) is 18.4 Å². The smallest absolute Gasteiger partial charge is 0.221 e. The van der Waals surface area contributed by atoms with Gasteiger partial charge in [-0.15, -0.1) is 0 Å². The van der Waals surface area contributed by atoms with Gasteiger partial charge in [0.05, 0.1) is 18.5 Å². The number of benzene rings is 1. The lowest BCUT2D eigenvalue weighted by atomic mass is 10.1. The summed E-state index contributed by atoms with van der Waals surface area (Å²) < 4.78 is 18.9. The third kappa shape index (κ3) is 3.98. The molecule has 2 rings (SSSR count). The first kappa shape index (κ1) is 13.4. The van der Waals surface area contributed by atoms with Crippen LogP contribution in [-0.4, -0.2) is 18.6 Å². The minimum absolute atomic E-state index is 0.124. The van der Waals surface area contributed by atoms with Gasteiger partial charge in [0.15, 0.2) is 0 Å². The molecule has 1 amide bonds. The van der Waals surface area contributed by atoms with Crippen LogP contribution in [0, 0.1) is 5.82 Å². The number of allylic oxidation sites excluding steroid dienone is 1. The Labute approximate surface area is 111 Å². The number of ether oxygens (including phenoxy) is 1. The molecular formula is C14H17FN2O2. The molecule has 5 heteroatoms. The van der Waals surface area contributed by atoms with E-state index in [1.807, 2.05) is 6.08 Å². The third-order valence-electron chi connectivity index (χ3n) is 2.83. The summed E-state index contributed by atoms with van der Waals surface area (Å²) in [5.74, 6) is -0.741. The molecule has 1 unspecified atom stereocenters. The Morgan fingerprint density at radius 1 is 1.53 bits per heavy atom. The van der Waals surface area contributed by atoms with Crippen LogP contribution in [0.3, 0.4) is 0 Å². The summed E-state index contributed by atoms with van der Waals surface area (Å²) in [5.41, 5.74) is 0.935. The first-order valence-electron chi connectivity index (χ1n) is 6.26. The van der Waals surface area contributed by atoms with Crippen LogP contribution < -0.4 is 10.6 Å². The molecule has 0 aromatic heterocycles. The van der Waals surface area contributed by atoms with E-state index in [9.17, 15) is 9.18 Å². The number of nitrogens with one attached hydrogen (secondary N) is 2. The normalized spacial score (nSPS) is 17.7. The van der Waals surface area contributed by atoms with Gasteiger partial charge in [-0.25, -0.2) is 4.39 Å². The number of amides is 1. The molecule has 0 aliphatic carbocycles. The van der Waals surface area contributed by atoms with E-state index in [0.29, 0.717) is 6.54 Å². The molecule has 0 radical (unpaired) electrons. The number of carbonyl (C=O) groups excluding carboxylic acids is 1. The number of carbonyl (C=O) groups is 1. The van der Waals surface area contributed by atoms with Gasteiger partial charge < -0.3 is 15.4 Å². The molecular weight excluding hydrogens is 247 g/mol. The molecule has 1 aromatic carbocycles. The molecule has 102 valence electrons. The van der Waals surface area contributed by atoms with Crippen LogP contribution in [0.2, 0.25) is 0 Å². The molecule has 1 atom stereocenters. The maximum atomic E-state index is 13.4. The molecule has 2 N–H and O–H groups in total. The fraction of sp³-hybridized carbons (Fsp3) is 0.357. The Balaban J connectivity index is 1.96. The van der Waals surface area contributed by atoms with Crippen molar-refractivity contribution in [2.24, 2.45) is 0 Å².